The van der Waals surface area contributed by atoms with Gasteiger partial charge in [0.1, 0.15) is 5.76 Å². The van der Waals surface area contributed by atoms with Crippen molar-refractivity contribution >= 4 is 17.5 Å². The van der Waals surface area contributed by atoms with Crippen LogP contribution in [0.25, 0.3) is 0 Å². The van der Waals surface area contributed by atoms with Crippen LogP contribution in [0, 0.1) is 5.41 Å². The van der Waals surface area contributed by atoms with Gasteiger partial charge in [-0.05, 0) is 36.6 Å². The van der Waals surface area contributed by atoms with E-state index in [-0.39, 0.29) is 11.3 Å². The zero-order chi connectivity index (χ0) is 14.8. The number of hydrogen-bond acceptors (Lipinski definition) is 3. The number of nitrogens with one attached hydrogen (secondary N) is 1. The molecule has 20 heavy (non-hydrogen) atoms. The Labute approximate surface area is 125 Å². The number of hydrogen-bond donors (Lipinski definition) is 1. The molecule has 1 aliphatic heterocycles. The van der Waals surface area contributed by atoms with E-state index in [1.807, 2.05) is 31.7 Å². The predicted molar refractivity (Wildman–Crippen MR) is 79.6 cm³/mol. The molecule has 1 saturated heterocycles. The second kappa shape index (κ2) is 6.19. The number of halogens is 1. The maximum absolute atomic E-state index is 12.2. The van der Waals surface area contributed by atoms with Crippen LogP contribution in [0.4, 0.5) is 0 Å². The fourth-order valence-electron chi connectivity index (χ4n) is 2.45. The highest BCUT2D eigenvalue weighted by atomic mass is 35.5. The Bertz CT molecular complexity index is 457. The summed E-state index contributed by atoms with van der Waals surface area (Å²) in [6.45, 7) is 8.25. The molecule has 5 heteroatoms. The summed E-state index contributed by atoms with van der Waals surface area (Å²) in [5.74, 6) is 1.09. The molecule has 0 atom stereocenters. The number of amides is 1. The van der Waals surface area contributed by atoms with Gasteiger partial charge in [0.2, 0.25) is 5.91 Å². The largest absolute Gasteiger partial charge is 0.448 e. The van der Waals surface area contributed by atoms with E-state index in [1.165, 1.54) is 0 Å². The zero-order valence-electron chi connectivity index (χ0n) is 12.4. The average molecular weight is 299 g/mol. The van der Waals surface area contributed by atoms with Gasteiger partial charge in [-0.1, -0.05) is 20.8 Å². The smallest absolute Gasteiger partial charge is 0.227 e. The summed E-state index contributed by atoms with van der Waals surface area (Å²) in [5.41, 5.74) is -0.287. The zero-order valence-corrected chi connectivity index (χ0v) is 13.2. The van der Waals surface area contributed by atoms with Crippen LogP contribution in [-0.4, -0.2) is 29.9 Å². The highest BCUT2D eigenvalue weighted by Gasteiger charge is 2.30. The highest BCUT2D eigenvalue weighted by Crippen LogP contribution is 2.21. The van der Waals surface area contributed by atoms with Gasteiger partial charge in [-0.15, -0.1) is 0 Å². The lowest BCUT2D eigenvalue weighted by atomic mass is 9.93. The van der Waals surface area contributed by atoms with Crippen LogP contribution in [-0.2, 0) is 11.3 Å². The van der Waals surface area contributed by atoms with Gasteiger partial charge in [-0.2, -0.15) is 0 Å². The second-order valence-electron chi connectivity index (χ2n) is 6.40. The Hall–Kier alpha value is -1.00. The molecule has 0 bridgehead atoms. The molecule has 112 valence electrons. The molecule has 0 radical (unpaired) electrons. The van der Waals surface area contributed by atoms with Crippen LogP contribution in [0.2, 0.25) is 5.22 Å². The van der Waals surface area contributed by atoms with Crippen molar-refractivity contribution in [1.29, 1.82) is 0 Å². The lowest BCUT2D eigenvalue weighted by molar-refractivity contribution is -0.140. The normalized spacial score (nSPS) is 17.5. The van der Waals surface area contributed by atoms with Crippen molar-refractivity contribution in [2.75, 3.05) is 13.1 Å². The van der Waals surface area contributed by atoms with Gasteiger partial charge in [0, 0.05) is 24.5 Å². The molecule has 1 aliphatic rings. The summed E-state index contributed by atoms with van der Waals surface area (Å²) in [6, 6.07) is 4.07. The third-order valence-corrected chi connectivity index (χ3v) is 3.82. The molecule has 1 aromatic rings. The van der Waals surface area contributed by atoms with Crippen molar-refractivity contribution in [3.8, 4) is 0 Å². The molecule has 0 saturated carbocycles. The summed E-state index contributed by atoms with van der Waals surface area (Å²) in [6.07, 6.45) is 1.96. The van der Waals surface area contributed by atoms with Gasteiger partial charge >= 0.3 is 0 Å². The maximum atomic E-state index is 12.2. The molecule has 1 amide bonds. The van der Waals surface area contributed by atoms with E-state index in [2.05, 4.69) is 5.32 Å². The van der Waals surface area contributed by atoms with Crippen molar-refractivity contribution in [1.82, 2.24) is 10.2 Å². The van der Waals surface area contributed by atoms with Crippen molar-refractivity contribution in [2.24, 2.45) is 5.41 Å². The Kier molecular flexibility index (Phi) is 4.76. The fourth-order valence-corrected chi connectivity index (χ4v) is 2.61. The minimum Gasteiger partial charge on any atom is -0.448 e. The van der Waals surface area contributed by atoms with Crippen LogP contribution >= 0.6 is 11.6 Å². The quantitative estimate of drug-likeness (QED) is 0.933. The molecule has 0 spiro atoms. The lowest BCUT2D eigenvalue weighted by Crippen LogP contribution is -2.48. The first-order chi connectivity index (χ1) is 9.36. The van der Waals surface area contributed by atoms with E-state index >= 15 is 0 Å². The van der Waals surface area contributed by atoms with Gasteiger partial charge in [0.05, 0.1) is 6.54 Å². The van der Waals surface area contributed by atoms with Crippen molar-refractivity contribution in [2.45, 2.75) is 46.2 Å². The van der Waals surface area contributed by atoms with Crippen LogP contribution in [0.1, 0.15) is 39.4 Å². The minimum absolute atomic E-state index is 0.244. The van der Waals surface area contributed by atoms with Gasteiger partial charge in [-0.25, -0.2) is 0 Å². The molecule has 2 heterocycles. The molecule has 2 rings (SSSR count). The summed E-state index contributed by atoms with van der Waals surface area (Å²) in [7, 11) is 0. The first-order valence-corrected chi connectivity index (χ1v) is 7.51. The Morgan fingerprint density at radius 2 is 2.05 bits per heavy atom. The number of carbonyl (C=O) groups excluding carboxylic acids is 1. The molecular weight excluding hydrogens is 276 g/mol. The molecule has 0 aliphatic carbocycles. The third-order valence-electron chi connectivity index (χ3n) is 3.62. The lowest BCUT2D eigenvalue weighted by Gasteiger charge is -2.36. The summed E-state index contributed by atoms with van der Waals surface area (Å²) < 4.78 is 5.32. The molecule has 4 nitrogen and oxygen atoms in total. The summed E-state index contributed by atoms with van der Waals surface area (Å²) in [5, 5.41) is 3.88. The number of carbonyl (C=O) groups is 1. The van der Waals surface area contributed by atoms with Crippen molar-refractivity contribution < 1.29 is 9.21 Å². The van der Waals surface area contributed by atoms with Crippen molar-refractivity contribution in [3.05, 3.63) is 23.1 Å². The van der Waals surface area contributed by atoms with Crippen LogP contribution in [0.5, 0.6) is 0 Å². The van der Waals surface area contributed by atoms with E-state index in [1.54, 1.807) is 6.07 Å². The number of piperidine rings is 1. The molecule has 1 aromatic heterocycles. The number of nitrogens with zero attached hydrogens (tertiary/aromatic N) is 1. The van der Waals surface area contributed by atoms with Gasteiger partial charge < -0.3 is 14.6 Å². The van der Waals surface area contributed by atoms with Crippen molar-refractivity contribution in [3.63, 3.8) is 0 Å². The minimum atomic E-state index is -0.287. The first kappa shape index (κ1) is 15.4. The van der Waals surface area contributed by atoms with Gasteiger partial charge in [-0.3, -0.25) is 4.79 Å². The fraction of sp³-hybridized carbons (Fsp3) is 0.667. The number of rotatable bonds is 3. The average Bonchev–Trinajstić information content (AvgIpc) is 2.81. The summed E-state index contributed by atoms with van der Waals surface area (Å²) >= 11 is 5.74. The van der Waals surface area contributed by atoms with E-state index < -0.39 is 0 Å². The molecule has 1 N–H and O–H groups in total. The topological polar surface area (TPSA) is 45.5 Å². The Morgan fingerprint density at radius 3 is 2.55 bits per heavy atom. The second-order valence-corrected chi connectivity index (χ2v) is 6.78. The van der Waals surface area contributed by atoms with E-state index in [9.17, 15) is 4.79 Å². The van der Waals surface area contributed by atoms with Crippen LogP contribution < -0.4 is 5.32 Å². The Balaban J connectivity index is 1.76. The van der Waals surface area contributed by atoms with Crippen LogP contribution in [0.15, 0.2) is 16.5 Å². The molecule has 1 fully saturated rings. The summed E-state index contributed by atoms with van der Waals surface area (Å²) in [4.78, 5) is 14.2. The predicted octanol–water partition coefficient (Wildman–Crippen LogP) is 3.06. The van der Waals surface area contributed by atoms with Crippen LogP contribution in [0.3, 0.4) is 0 Å². The van der Waals surface area contributed by atoms with Gasteiger partial charge in [0.15, 0.2) is 5.22 Å². The monoisotopic (exact) mass is 298 g/mol. The standard InChI is InChI=1S/C15H23ClN2O2/c1-15(2,3)14(19)18-8-6-11(7-9-18)17-10-12-4-5-13(16)20-12/h4-5,11,17H,6-10H2,1-3H3. The SMILES string of the molecule is CC(C)(C)C(=O)N1CCC(NCc2ccc(Cl)o2)CC1. The first-order valence-electron chi connectivity index (χ1n) is 7.13. The Morgan fingerprint density at radius 1 is 1.40 bits per heavy atom. The van der Waals surface area contributed by atoms with E-state index in [0.717, 1.165) is 31.7 Å². The number of furan rings is 1. The molecular formula is C15H23ClN2O2. The number of likely N-dealkylation sites (tertiary alicyclic amines) is 1. The van der Waals surface area contributed by atoms with E-state index in [0.29, 0.717) is 17.8 Å². The van der Waals surface area contributed by atoms with Gasteiger partial charge in [0.25, 0.3) is 0 Å². The molecule has 0 unspecified atom stereocenters. The third kappa shape index (κ3) is 4.00. The molecule has 0 aromatic carbocycles. The highest BCUT2D eigenvalue weighted by molar-refractivity contribution is 6.28. The van der Waals surface area contributed by atoms with E-state index in [4.69, 9.17) is 16.0 Å². The maximum Gasteiger partial charge on any atom is 0.227 e.